The van der Waals surface area contributed by atoms with Crippen molar-refractivity contribution >= 4 is 0 Å². The summed E-state index contributed by atoms with van der Waals surface area (Å²) in [7, 11) is 6.07. The highest BCUT2D eigenvalue weighted by Crippen LogP contribution is 2.16. The number of hydrogen-bond donors (Lipinski definition) is 0. The molecule has 0 rings (SSSR count). The molecule has 0 N–H and O–H groups in total. The van der Waals surface area contributed by atoms with E-state index in [0.29, 0.717) is 0 Å². The van der Waals surface area contributed by atoms with Crippen molar-refractivity contribution in [3.05, 3.63) is 12.4 Å². The molecule has 0 saturated carbocycles. The second kappa shape index (κ2) is 3.16. The summed E-state index contributed by atoms with van der Waals surface area (Å²) in [5.74, 6) is 1.04. The van der Waals surface area contributed by atoms with Crippen LogP contribution in [0.1, 0.15) is 20.8 Å². The lowest BCUT2D eigenvalue weighted by atomic mass is 10.1. The predicted molar refractivity (Wildman–Crippen MR) is 50.3 cm³/mol. The molecule has 0 unspecified atom stereocenters. The first-order valence-electron chi connectivity index (χ1n) is 3.87. The van der Waals surface area contributed by atoms with Crippen LogP contribution < -0.4 is 0 Å². The van der Waals surface area contributed by atoms with Crippen molar-refractivity contribution in [2.24, 2.45) is 0 Å². The molecule has 2 nitrogen and oxygen atoms in total. The first kappa shape index (κ1) is 10.3. The van der Waals surface area contributed by atoms with E-state index in [-0.39, 0.29) is 5.54 Å². The highest BCUT2D eigenvalue weighted by molar-refractivity contribution is 4.94. The maximum atomic E-state index is 3.97. The summed E-state index contributed by atoms with van der Waals surface area (Å²) in [6, 6.07) is 0. The van der Waals surface area contributed by atoms with Gasteiger partial charge in [-0.3, -0.25) is 0 Å². The maximum Gasteiger partial charge on any atom is 0.0961 e. The highest BCUT2D eigenvalue weighted by atomic mass is 15.3. The lowest BCUT2D eigenvalue weighted by Gasteiger charge is -2.38. The summed E-state index contributed by atoms with van der Waals surface area (Å²) in [5.41, 5.74) is 0.154. The van der Waals surface area contributed by atoms with Crippen LogP contribution in [0.4, 0.5) is 0 Å². The van der Waals surface area contributed by atoms with Crippen molar-refractivity contribution in [3.8, 4) is 0 Å². The van der Waals surface area contributed by atoms with E-state index in [0.717, 1.165) is 5.82 Å². The topological polar surface area (TPSA) is 6.48 Å². The van der Waals surface area contributed by atoms with E-state index in [1.807, 2.05) is 19.0 Å². The molecule has 0 aromatic rings. The number of rotatable bonds is 2. The minimum atomic E-state index is 0.154. The van der Waals surface area contributed by atoms with Gasteiger partial charge in [0.05, 0.1) is 5.82 Å². The van der Waals surface area contributed by atoms with Crippen LogP contribution in [0.3, 0.4) is 0 Å². The van der Waals surface area contributed by atoms with Crippen molar-refractivity contribution < 1.29 is 0 Å². The molecule has 0 saturated heterocycles. The standard InChI is InChI=1S/C9H20N2/c1-8(10(5)6)11(7)9(2,3)4/h1H2,2-7H3. The van der Waals surface area contributed by atoms with Crippen LogP contribution in [0.15, 0.2) is 12.4 Å². The Morgan fingerprint density at radius 3 is 1.55 bits per heavy atom. The van der Waals surface area contributed by atoms with Gasteiger partial charge in [0.15, 0.2) is 0 Å². The van der Waals surface area contributed by atoms with Crippen molar-refractivity contribution in [1.29, 1.82) is 0 Å². The smallest absolute Gasteiger partial charge is 0.0961 e. The van der Waals surface area contributed by atoms with Gasteiger partial charge in [-0.25, -0.2) is 0 Å². The van der Waals surface area contributed by atoms with E-state index in [9.17, 15) is 0 Å². The summed E-state index contributed by atoms with van der Waals surface area (Å²) in [5, 5.41) is 0. The van der Waals surface area contributed by atoms with Gasteiger partial charge in [-0.05, 0) is 20.8 Å². The summed E-state index contributed by atoms with van der Waals surface area (Å²) < 4.78 is 0. The van der Waals surface area contributed by atoms with Gasteiger partial charge in [0.1, 0.15) is 0 Å². The minimum Gasteiger partial charge on any atom is -0.365 e. The fourth-order valence-electron chi connectivity index (χ4n) is 0.687. The Kier molecular flexibility index (Phi) is 2.97. The van der Waals surface area contributed by atoms with E-state index < -0.39 is 0 Å². The second-order valence-electron chi connectivity index (χ2n) is 4.04. The maximum absolute atomic E-state index is 3.97. The third kappa shape index (κ3) is 2.83. The molecule has 0 fully saturated rings. The molecule has 0 aromatic heterocycles. The molecule has 0 amide bonds. The predicted octanol–water partition coefficient (Wildman–Crippen LogP) is 1.75. The Bertz CT molecular complexity index is 142. The lowest BCUT2D eigenvalue weighted by molar-refractivity contribution is 0.177. The Morgan fingerprint density at radius 2 is 1.45 bits per heavy atom. The van der Waals surface area contributed by atoms with E-state index in [1.165, 1.54) is 0 Å². The zero-order chi connectivity index (χ0) is 9.23. The molecule has 2 heteroatoms. The molecule has 0 heterocycles. The number of hydrogen-bond acceptors (Lipinski definition) is 2. The second-order valence-corrected chi connectivity index (χ2v) is 4.04. The van der Waals surface area contributed by atoms with Gasteiger partial charge in [-0.2, -0.15) is 0 Å². The summed E-state index contributed by atoms with van der Waals surface area (Å²) in [4.78, 5) is 4.18. The van der Waals surface area contributed by atoms with E-state index in [2.05, 4.69) is 39.3 Å². The third-order valence-corrected chi connectivity index (χ3v) is 1.91. The Morgan fingerprint density at radius 1 is 1.09 bits per heavy atom. The van der Waals surface area contributed by atoms with Crippen LogP contribution in [0.2, 0.25) is 0 Å². The summed E-state index contributed by atoms with van der Waals surface area (Å²) in [6.45, 7) is 10.5. The Balaban J connectivity index is 4.26. The lowest BCUT2D eigenvalue weighted by Crippen LogP contribution is -2.41. The van der Waals surface area contributed by atoms with Crippen molar-refractivity contribution in [3.63, 3.8) is 0 Å². The molecule has 0 radical (unpaired) electrons. The average molecular weight is 156 g/mol. The van der Waals surface area contributed by atoms with Gasteiger partial charge in [0, 0.05) is 26.7 Å². The fourth-order valence-corrected chi connectivity index (χ4v) is 0.687. The first-order chi connectivity index (χ1) is 4.76. The summed E-state index contributed by atoms with van der Waals surface area (Å²) in [6.07, 6.45) is 0. The van der Waals surface area contributed by atoms with Crippen LogP contribution in [-0.2, 0) is 0 Å². The average Bonchev–Trinajstić information content (AvgIpc) is 1.82. The van der Waals surface area contributed by atoms with Crippen molar-refractivity contribution in [2.45, 2.75) is 26.3 Å². The van der Waals surface area contributed by atoms with Gasteiger partial charge < -0.3 is 9.80 Å². The molecule has 0 aliphatic rings. The van der Waals surface area contributed by atoms with E-state index in [4.69, 9.17) is 0 Å². The molecule has 0 bridgehead atoms. The van der Waals surface area contributed by atoms with Crippen LogP contribution in [0, 0.1) is 0 Å². The highest BCUT2D eigenvalue weighted by Gasteiger charge is 2.18. The van der Waals surface area contributed by atoms with E-state index in [1.54, 1.807) is 0 Å². The largest absolute Gasteiger partial charge is 0.365 e. The molecule has 0 spiro atoms. The summed E-state index contributed by atoms with van der Waals surface area (Å²) >= 11 is 0. The molecule has 0 atom stereocenters. The molecule has 0 aliphatic heterocycles. The SMILES string of the molecule is C=C(N(C)C)N(C)C(C)(C)C. The fraction of sp³-hybridized carbons (Fsp3) is 0.778. The number of nitrogens with zero attached hydrogens (tertiary/aromatic N) is 2. The normalized spacial score (nSPS) is 11.1. The minimum absolute atomic E-state index is 0.154. The molecule has 0 aliphatic carbocycles. The monoisotopic (exact) mass is 156 g/mol. The Labute approximate surface area is 70.5 Å². The first-order valence-corrected chi connectivity index (χ1v) is 3.87. The zero-order valence-corrected chi connectivity index (χ0v) is 8.60. The molecular weight excluding hydrogens is 136 g/mol. The van der Waals surface area contributed by atoms with Gasteiger partial charge in [-0.15, -0.1) is 0 Å². The quantitative estimate of drug-likeness (QED) is 0.601. The Hall–Kier alpha value is -0.660. The van der Waals surface area contributed by atoms with Gasteiger partial charge in [0.25, 0.3) is 0 Å². The van der Waals surface area contributed by atoms with Crippen LogP contribution >= 0.6 is 0 Å². The van der Waals surface area contributed by atoms with Gasteiger partial charge in [-0.1, -0.05) is 6.58 Å². The molecule has 11 heavy (non-hydrogen) atoms. The van der Waals surface area contributed by atoms with E-state index >= 15 is 0 Å². The van der Waals surface area contributed by atoms with Crippen LogP contribution in [0.5, 0.6) is 0 Å². The molecule has 66 valence electrons. The molecule has 0 aromatic carbocycles. The zero-order valence-electron chi connectivity index (χ0n) is 8.60. The van der Waals surface area contributed by atoms with Crippen molar-refractivity contribution in [2.75, 3.05) is 21.1 Å². The third-order valence-electron chi connectivity index (χ3n) is 1.91. The van der Waals surface area contributed by atoms with Crippen LogP contribution in [-0.4, -0.2) is 36.5 Å². The van der Waals surface area contributed by atoms with Crippen molar-refractivity contribution in [1.82, 2.24) is 9.80 Å². The van der Waals surface area contributed by atoms with Crippen LogP contribution in [0.25, 0.3) is 0 Å². The van der Waals surface area contributed by atoms with Gasteiger partial charge >= 0.3 is 0 Å². The van der Waals surface area contributed by atoms with Gasteiger partial charge in [0.2, 0.25) is 0 Å². The molecular formula is C9H20N2.